The third kappa shape index (κ3) is 6.05. The van der Waals surface area contributed by atoms with Crippen LogP contribution in [0.4, 0.5) is 0 Å². The molecule has 1 unspecified atom stereocenters. The van der Waals surface area contributed by atoms with Crippen LogP contribution in [0.15, 0.2) is 0 Å². The monoisotopic (exact) mass is 145 g/mol. The highest BCUT2D eigenvalue weighted by molar-refractivity contribution is 4.47. The zero-order chi connectivity index (χ0) is 7.82. The molecule has 0 radical (unpaired) electrons. The van der Waals surface area contributed by atoms with Gasteiger partial charge in [0.25, 0.3) is 0 Å². The number of hydroxylamine groups is 1. The van der Waals surface area contributed by atoms with Crippen molar-refractivity contribution >= 4 is 0 Å². The average molecular weight is 145 g/mol. The fraction of sp³-hybridized carbons (Fsp3) is 1.00. The second-order valence-corrected chi connectivity index (χ2v) is 2.71. The lowest BCUT2D eigenvalue weighted by molar-refractivity contribution is 0.0338. The van der Waals surface area contributed by atoms with Gasteiger partial charge in [0.2, 0.25) is 0 Å². The molecule has 2 nitrogen and oxygen atoms in total. The van der Waals surface area contributed by atoms with E-state index in [-0.39, 0.29) is 0 Å². The maximum absolute atomic E-state index is 5.11. The van der Waals surface area contributed by atoms with Crippen LogP contribution >= 0.6 is 0 Å². The van der Waals surface area contributed by atoms with Crippen molar-refractivity contribution in [2.45, 2.75) is 33.6 Å². The van der Waals surface area contributed by atoms with Gasteiger partial charge in [-0.25, -0.2) is 5.48 Å². The second kappa shape index (κ2) is 7.03. The van der Waals surface area contributed by atoms with E-state index in [9.17, 15) is 0 Å². The number of rotatable bonds is 6. The molecule has 0 aromatic carbocycles. The summed E-state index contributed by atoms with van der Waals surface area (Å²) in [6.07, 6.45) is 2.29. The minimum absolute atomic E-state index is 0.719. The molecule has 0 heterocycles. The van der Waals surface area contributed by atoms with E-state index in [2.05, 4.69) is 26.3 Å². The lowest BCUT2D eigenvalue weighted by Crippen LogP contribution is -2.21. The van der Waals surface area contributed by atoms with Gasteiger partial charge in [0, 0.05) is 6.54 Å². The van der Waals surface area contributed by atoms with Crippen molar-refractivity contribution in [1.29, 1.82) is 0 Å². The lowest BCUT2D eigenvalue weighted by Gasteiger charge is -2.08. The van der Waals surface area contributed by atoms with Crippen LogP contribution in [0, 0.1) is 5.92 Å². The van der Waals surface area contributed by atoms with Crippen LogP contribution in [0.1, 0.15) is 33.6 Å². The molecule has 0 aliphatic heterocycles. The Morgan fingerprint density at radius 2 is 2.10 bits per heavy atom. The molecule has 1 N–H and O–H groups in total. The van der Waals surface area contributed by atoms with E-state index in [4.69, 9.17) is 4.84 Å². The van der Waals surface area contributed by atoms with Crippen molar-refractivity contribution in [3.05, 3.63) is 0 Å². The van der Waals surface area contributed by atoms with Gasteiger partial charge in [-0.05, 0) is 12.3 Å². The Morgan fingerprint density at radius 3 is 2.60 bits per heavy atom. The van der Waals surface area contributed by atoms with Crippen molar-refractivity contribution in [3.63, 3.8) is 0 Å². The first-order valence-corrected chi connectivity index (χ1v) is 4.15. The van der Waals surface area contributed by atoms with Crippen molar-refractivity contribution in [3.8, 4) is 0 Å². The van der Waals surface area contributed by atoms with E-state index in [1.54, 1.807) is 0 Å². The summed E-state index contributed by atoms with van der Waals surface area (Å²) < 4.78 is 0. The molecule has 0 aromatic heterocycles. The molecule has 0 rings (SSSR count). The number of hydrogen-bond acceptors (Lipinski definition) is 2. The van der Waals surface area contributed by atoms with Crippen LogP contribution in [0.5, 0.6) is 0 Å². The molecule has 0 aliphatic rings. The van der Waals surface area contributed by atoms with Gasteiger partial charge in [-0.2, -0.15) is 0 Å². The minimum Gasteiger partial charge on any atom is -0.302 e. The van der Waals surface area contributed by atoms with Gasteiger partial charge in [0.15, 0.2) is 0 Å². The Kier molecular flexibility index (Phi) is 6.98. The summed E-state index contributed by atoms with van der Waals surface area (Å²) in [4.78, 5) is 5.11. The van der Waals surface area contributed by atoms with E-state index < -0.39 is 0 Å². The molecular formula is C8H19NO. The van der Waals surface area contributed by atoms with Gasteiger partial charge in [-0.1, -0.05) is 27.2 Å². The van der Waals surface area contributed by atoms with Crippen molar-refractivity contribution < 1.29 is 4.84 Å². The molecule has 0 bridgehead atoms. The molecule has 0 saturated heterocycles. The standard InChI is InChI=1S/C8H19NO/c1-4-6-10-9-7-8(3)5-2/h8-9H,4-7H2,1-3H3. The van der Waals surface area contributed by atoms with Crippen LogP contribution in [-0.2, 0) is 4.84 Å². The van der Waals surface area contributed by atoms with Crippen LogP contribution in [-0.4, -0.2) is 13.2 Å². The van der Waals surface area contributed by atoms with Crippen LogP contribution in [0.25, 0.3) is 0 Å². The fourth-order valence-corrected chi connectivity index (χ4v) is 0.520. The summed E-state index contributed by atoms with van der Waals surface area (Å²) in [5, 5.41) is 0. The van der Waals surface area contributed by atoms with Crippen molar-refractivity contribution in [2.24, 2.45) is 5.92 Å². The number of hydrogen-bond donors (Lipinski definition) is 1. The first-order chi connectivity index (χ1) is 4.81. The zero-order valence-electron chi connectivity index (χ0n) is 7.31. The molecule has 0 aliphatic carbocycles. The van der Waals surface area contributed by atoms with Gasteiger partial charge in [0.05, 0.1) is 6.61 Å². The molecule has 0 aromatic rings. The van der Waals surface area contributed by atoms with Gasteiger partial charge in [-0.3, -0.25) is 0 Å². The van der Waals surface area contributed by atoms with Crippen molar-refractivity contribution in [1.82, 2.24) is 5.48 Å². The van der Waals surface area contributed by atoms with Gasteiger partial charge < -0.3 is 4.84 Å². The summed E-state index contributed by atoms with van der Waals surface area (Å²) >= 11 is 0. The normalized spacial score (nSPS) is 13.5. The molecule has 62 valence electrons. The topological polar surface area (TPSA) is 21.3 Å². The molecule has 10 heavy (non-hydrogen) atoms. The van der Waals surface area contributed by atoms with Crippen LogP contribution in [0.2, 0.25) is 0 Å². The summed E-state index contributed by atoms with van der Waals surface area (Å²) in [5.41, 5.74) is 2.94. The van der Waals surface area contributed by atoms with Gasteiger partial charge in [0.1, 0.15) is 0 Å². The summed E-state index contributed by atoms with van der Waals surface area (Å²) in [7, 11) is 0. The quantitative estimate of drug-likeness (QED) is 0.455. The Bertz CT molecular complexity index is 66.3. The Morgan fingerprint density at radius 1 is 1.40 bits per heavy atom. The summed E-state index contributed by atoms with van der Waals surface area (Å²) in [5.74, 6) is 0.719. The first kappa shape index (κ1) is 9.92. The highest BCUT2D eigenvalue weighted by Gasteiger charge is 1.95. The van der Waals surface area contributed by atoms with E-state index >= 15 is 0 Å². The van der Waals surface area contributed by atoms with E-state index in [0.717, 1.165) is 25.5 Å². The number of nitrogens with one attached hydrogen (secondary N) is 1. The van der Waals surface area contributed by atoms with E-state index in [1.807, 2.05) is 0 Å². The maximum Gasteiger partial charge on any atom is 0.0679 e. The Balaban J connectivity index is 2.89. The van der Waals surface area contributed by atoms with E-state index in [1.165, 1.54) is 6.42 Å². The predicted molar refractivity (Wildman–Crippen MR) is 43.7 cm³/mol. The highest BCUT2D eigenvalue weighted by atomic mass is 16.6. The smallest absolute Gasteiger partial charge is 0.0679 e. The van der Waals surface area contributed by atoms with Crippen LogP contribution in [0.3, 0.4) is 0 Å². The fourth-order valence-electron chi connectivity index (χ4n) is 0.520. The highest BCUT2D eigenvalue weighted by Crippen LogP contribution is 1.96. The average Bonchev–Trinajstić information content (AvgIpc) is 1.98. The third-order valence-electron chi connectivity index (χ3n) is 1.54. The maximum atomic E-state index is 5.11. The molecule has 2 heteroatoms. The molecule has 0 amide bonds. The van der Waals surface area contributed by atoms with Gasteiger partial charge >= 0.3 is 0 Å². The minimum atomic E-state index is 0.719. The zero-order valence-corrected chi connectivity index (χ0v) is 7.31. The molecule has 0 spiro atoms. The predicted octanol–water partition coefficient (Wildman–Crippen LogP) is 1.96. The van der Waals surface area contributed by atoms with Crippen LogP contribution < -0.4 is 5.48 Å². The molecule has 1 atom stereocenters. The van der Waals surface area contributed by atoms with Gasteiger partial charge in [-0.15, -0.1) is 0 Å². The summed E-state index contributed by atoms with van der Waals surface area (Å²) in [6, 6.07) is 0. The second-order valence-electron chi connectivity index (χ2n) is 2.71. The third-order valence-corrected chi connectivity index (χ3v) is 1.54. The lowest BCUT2D eigenvalue weighted by atomic mass is 10.1. The largest absolute Gasteiger partial charge is 0.302 e. The molecule has 0 fully saturated rings. The summed E-state index contributed by atoms with van der Waals surface area (Å²) in [6.45, 7) is 8.28. The molecular weight excluding hydrogens is 126 g/mol. The first-order valence-electron chi connectivity index (χ1n) is 4.15. The SMILES string of the molecule is CCCONCC(C)CC. The molecule has 0 saturated carbocycles. The Labute approximate surface area is 63.9 Å². The Hall–Kier alpha value is -0.0800. The van der Waals surface area contributed by atoms with Crippen molar-refractivity contribution in [2.75, 3.05) is 13.2 Å². The van der Waals surface area contributed by atoms with E-state index in [0.29, 0.717) is 0 Å².